The van der Waals surface area contributed by atoms with E-state index in [4.69, 9.17) is 0 Å². The molecule has 1 N–H and O–H groups in total. The summed E-state index contributed by atoms with van der Waals surface area (Å²) in [7, 11) is 0. The van der Waals surface area contributed by atoms with E-state index in [1.807, 2.05) is 11.6 Å². The molecule has 0 saturated carbocycles. The van der Waals surface area contributed by atoms with Gasteiger partial charge in [-0.05, 0) is 20.8 Å². The molecule has 0 spiro atoms. The molecule has 0 radical (unpaired) electrons. The van der Waals surface area contributed by atoms with Crippen LogP contribution in [-0.2, 0) is 6.54 Å². The van der Waals surface area contributed by atoms with Crippen LogP contribution < -0.4 is 5.32 Å². The van der Waals surface area contributed by atoms with Crippen molar-refractivity contribution in [2.75, 3.05) is 11.9 Å². The molecule has 0 amide bonds. The monoisotopic (exact) mass is 180 g/mol. The van der Waals surface area contributed by atoms with Crippen molar-refractivity contribution in [3.05, 3.63) is 17.8 Å². The Hall–Kier alpha value is -1.32. The van der Waals surface area contributed by atoms with Crippen molar-refractivity contribution in [2.24, 2.45) is 0 Å². The van der Waals surface area contributed by atoms with Crippen molar-refractivity contribution in [1.29, 1.82) is 0 Å². The van der Waals surface area contributed by atoms with Crippen LogP contribution in [0, 0.1) is 0 Å². The summed E-state index contributed by atoms with van der Waals surface area (Å²) in [6, 6.07) is 0. The van der Waals surface area contributed by atoms with Crippen molar-refractivity contribution < 1.29 is 0 Å². The Morgan fingerprint density at radius 1 is 1.62 bits per heavy atom. The zero-order valence-corrected chi connectivity index (χ0v) is 8.41. The Balaban J connectivity index is 2.49. The van der Waals surface area contributed by atoms with Crippen LogP contribution in [-0.4, -0.2) is 21.5 Å². The molecule has 0 aliphatic heterocycles. The molecule has 1 aromatic heterocycles. The van der Waals surface area contributed by atoms with Gasteiger partial charge in [0, 0.05) is 13.1 Å². The molecule has 0 aliphatic carbocycles. The standard InChI is InChI=1S/C9H16N4/c1-4-13-9(7-11-12-13)10-6-5-8(2)3/h5,7,10H,4,6H2,1-3H3. The number of nitrogens with zero attached hydrogens (tertiary/aromatic N) is 3. The predicted octanol–water partition coefficient (Wildman–Crippen LogP) is 1.68. The van der Waals surface area contributed by atoms with Gasteiger partial charge < -0.3 is 5.32 Å². The molecule has 0 saturated heterocycles. The summed E-state index contributed by atoms with van der Waals surface area (Å²) in [6.07, 6.45) is 3.87. The number of allylic oxidation sites excluding steroid dienone is 1. The maximum atomic E-state index is 3.92. The highest BCUT2D eigenvalue weighted by Gasteiger charge is 1.97. The van der Waals surface area contributed by atoms with Gasteiger partial charge in [0.05, 0.1) is 6.20 Å². The zero-order valence-electron chi connectivity index (χ0n) is 8.41. The maximum absolute atomic E-state index is 3.92. The maximum Gasteiger partial charge on any atom is 0.145 e. The second-order valence-corrected chi connectivity index (χ2v) is 3.10. The third-order valence-electron chi connectivity index (χ3n) is 1.71. The molecule has 1 heterocycles. The van der Waals surface area contributed by atoms with E-state index in [2.05, 4.69) is 35.6 Å². The van der Waals surface area contributed by atoms with E-state index < -0.39 is 0 Å². The first-order valence-electron chi connectivity index (χ1n) is 4.49. The van der Waals surface area contributed by atoms with Crippen molar-refractivity contribution in [3.8, 4) is 0 Å². The molecule has 0 atom stereocenters. The normalized spacial score (nSPS) is 9.77. The molecule has 0 unspecified atom stereocenters. The fourth-order valence-electron chi connectivity index (χ4n) is 0.988. The van der Waals surface area contributed by atoms with E-state index in [0.29, 0.717) is 0 Å². The SMILES string of the molecule is CCn1nncc1NCC=C(C)C. The van der Waals surface area contributed by atoms with E-state index >= 15 is 0 Å². The quantitative estimate of drug-likeness (QED) is 0.717. The smallest absolute Gasteiger partial charge is 0.145 e. The third-order valence-corrected chi connectivity index (χ3v) is 1.71. The van der Waals surface area contributed by atoms with Crippen LogP contribution in [0.1, 0.15) is 20.8 Å². The molecule has 0 fully saturated rings. The van der Waals surface area contributed by atoms with Crippen LogP contribution in [0.5, 0.6) is 0 Å². The number of anilines is 1. The Morgan fingerprint density at radius 3 is 3.00 bits per heavy atom. The summed E-state index contributed by atoms with van der Waals surface area (Å²) in [5.41, 5.74) is 1.31. The van der Waals surface area contributed by atoms with E-state index in [-0.39, 0.29) is 0 Å². The van der Waals surface area contributed by atoms with Gasteiger partial charge in [0.15, 0.2) is 0 Å². The lowest BCUT2D eigenvalue weighted by atomic mass is 10.3. The van der Waals surface area contributed by atoms with Crippen molar-refractivity contribution >= 4 is 5.82 Å². The minimum Gasteiger partial charge on any atom is -0.365 e. The van der Waals surface area contributed by atoms with E-state index in [9.17, 15) is 0 Å². The summed E-state index contributed by atoms with van der Waals surface area (Å²) in [5.74, 6) is 0.972. The lowest BCUT2D eigenvalue weighted by Crippen LogP contribution is -2.06. The van der Waals surface area contributed by atoms with E-state index in [1.165, 1.54) is 5.57 Å². The van der Waals surface area contributed by atoms with Gasteiger partial charge in [-0.1, -0.05) is 16.9 Å². The predicted molar refractivity (Wildman–Crippen MR) is 53.6 cm³/mol. The molecule has 1 rings (SSSR count). The highest BCUT2D eigenvalue weighted by Crippen LogP contribution is 2.02. The Kier molecular flexibility index (Phi) is 3.49. The average molecular weight is 180 g/mol. The first-order chi connectivity index (χ1) is 6.24. The Morgan fingerprint density at radius 2 is 2.38 bits per heavy atom. The third kappa shape index (κ3) is 2.89. The van der Waals surface area contributed by atoms with Gasteiger partial charge in [-0.3, -0.25) is 0 Å². The topological polar surface area (TPSA) is 42.7 Å². The minimum absolute atomic E-state index is 0.829. The molecule has 72 valence electrons. The van der Waals surface area contributed by atoms with Gasteiger partial charge in [-0.15, -0.1) is 5.10 Å². The first kappa shape index (κ1) is 9.77. The summed E-state index contributed by atoms with van der Waals surface area (Å²) in [5, 5.41) is 11.0. The lowest BCUT2D eigenvalue weighted by molar-refractivity contribution is 0.632. The van der Waals surface area contributed by atoms with Crippen molar-refractivity contribution in [1.82, 2.24) is 15.0 Å². The van der Waals surface area contributed by atoms with Crippen LogP contribution in [0.4, 0.5) is 5.82 Å². The minimum atomic E-state index is 0.829. The molecule has 0 aromatic carbocycles. The van der Waals surface area contributed by atoms with Gasteiger partial charge >= 0.3 is 0 Å². The zero-order chi connectivity index (χ0) is 9.68. The van der Waals surface area contributed by atoms with E-state index in [1.54, 1.807) is 6.20 Å². The van der Waals surface area contributed by atoms with Crippen LogP contribution in [0.25, 0.3) is 0 Å². The van der Waals surface area contributed by atoms with Crippen LogP contribution in [0.3, 0.4) is 0 Å². The van der Waals surface area contributed by atoms with Crippen LogP contribution >= 0.6 is 0 Å². The summed E-state index contributed by atoms with van der Waals surface area (Å²) < 4.78 is 1.83. The second-order valence-electron chi connectivity index (χ2n) is 3.10. The van der Waals surface area contributed by atoms with Crippen LogP contribution in [0.2, 0.25) is 0 Å². The Bertz CT molecular complexity index is 284. The van der Waals surface area contributed by atoms with Gasteiger partial charge in [-0.25, -0.2) is 4.68 Å². The molecular weight excluding hydrogens is 164 g/mol. The largest absolute Gasteiger partial charge is 0.365 e. The van der Waals surface area contributed by atoms with Crippen molar-refractivity contribution in [3.63, 3.8) is 0 Å². The van der Waals surface area contributed by atoms with Gasteiger partial charge in [0.25, 0.3) is 0 Å². The molecule has 0 bridgehead atoms. The summed E-state index contributed by atoms with van der Waals surface area (Å²) in [6.45, 7) is 7.88. The Labute approximate surface area is 78.6 Å². The van der Waals surface area contributed by atoms with Crippen LogP contribution in [0.15, 0.2) is 17.8 Å². The number of nitrogens with one attached hydrogen (secondary N) is 1. The number of hydrogen-bond acceptors (Lipinski definition) is 3. The summed E-state index contributed by atoms with van der Waals surface area (Å²) >= 11 is 0. The number of rotatable bonds is 4. The number of hydrogen-bond donors (Lipinski definition) is 1. The van der Waals surface area contributed by atoms with Gasteiger partial charge in [-0.2, -0.15) is 0 Å². The summed E-state index contributed by atoms with van der Waals surface area (Å²) in [4.78, 5) is 0. The van der Waals surface area contributed by atoms with Gasteiger partial charge in [0.2, 0.25) is 0 Å². The van der Waals surface area contributed by atoms with Gasteiger partial charge in [0.1, 0.15) is 5.82 Å². The highest BCUT2D eigenvalue weighted by molar-refractivity contribution is 5.31. The molecule has 1 aromatic rings. The lowest BCUT2D eigenvalue weighted by Gasteiger charge is -2.03. The molecular formula is C9H16N4. The fourth-order valence-corrected chi connectivity index (χ4v) is 0.988. The number of aromatic nitrogens is 3. The molecule has 4 heteroatoms. The highest BCUT2D eigenvalue weighted by atomic mass is 15.4. The second kappa shape index (κ2) is 4.64. The molecule has 4 nitrogen and oxygen atoms in total. The van der Waals surface area contributed by atoms with E-state index in [0.717, 1.165) is 18.9 Å². The van der Waals surface area contributed by atoms with Crippen molar-refractivity contribution in [2.45, 2.75) is 27.3 Å². The average Bonchev–Trinajstić information content (AvgIpc) is 2.51. The molecule has 13 heavy (non-hydrogen) atoms. The fraction of sp³-hybridized carbons (Fsp3) is 0.556. The number of aryl methyl sites for hydroxylation is 1. The first-order valence-corrected chi connectivity index (χ1v) is 4.49. The molecule has 0 aliphatic rings.